The van der Waals surface area contributed by atoms with E-state index in [-0.39, 0.29) is 39.3 Å². The van der Waals surface area contributed by atoms with Crippen LogP contribution in [0.2, 0.25) is 0 Å². The molecule has 6 N–H and O–H groups in total. The first kappa shape index (κ1) is 21.4. The van der Waals surface area contributed by atoms with Crippen molar-refractivity contribution in [1.82, 2.24) is 9.80 Å². The molecule has 0 aromatic carbocycles. The zero-order valence-corrected chi connectivity index (χ0v) is 14.8. The standard InChI is InChI=1S/C15H29N3O8/c1-17-7-12(20)18(4-3-11(17)16)15-14(22)13(21)10(26-15)8-23-9-25-24-6-2-5-19/h3-4,10-15,19-22H,2,5-9,16H2,1H3/t10-,11?,12-,13-,14+,15-/m1/s1. The molecular formula is C15H29N3O8. The molecule has 11 heteroatoms. The zero-order chi connectivity index (χ0) is 19.1. The van der Waals surface area contributed by atoms with E-state index in [1.165, 1.54) is 4.90 Å². The molecule has 2 aliphatic rings. The summed E-state index contributed by atoms with van der Waals surface area (Å²) in [5.41, 5.74) is 5.90. The van der Waals surface area contributed by atoms with Crippen LogP contribution in [0.3, 0.4) is 0 Å². The van der Waals surface area contributed by atoms with E-state index < -0.39 is 30.8 Å². The minimum absolute atomic E-state index is 0.00307. The maximum absolute atomic E-state index is 10.3. The first-order chi connectivity index (χ1) is 12.5. The topological polar surface area (TPSA) is 150 Å². The number of ether oxygens (including phenoxy) is 2. The highest BCUT2D eigenvalue weighted by molar-refractivity contribution is 5.00. The summed E-state index contributed by atoms with van der Waals surface area (Å²) in [4.78, 5) is 12.7. The van der Waals surface area contributed by atoms with Gasteiger partial charge < -0.3 is 40.5 Å². The van der Waals surface area contributed by atoms with Crippen molar-refractivity contribution in [2.75, 3.05) is 40.2 Å². The van der Waals surface area contributed by atoms with Gasteiger partial charge in [-0.3, -0.25) is 4.90 Å². The summed E-state index contributed by atoms with van der Waals surface area (Å²) < 4.78 is 10.9. The number of β-amino-alcohol motifs (C(OH)–C–C–N with tert-alkyl or cyclic N) is 1. The van der Waals surface area contributed by atoms with Gasteiger partial charge >= 0.3 is 0 Å². The largest absolute Gasteiger partial charge is 0.396 e. The maximum atomic E-state index is 10.3. The van der Waals surface area contributed by atoms with Crippen molar-refractivity contribution < 1.29 is 39.7 Å². The molecule has 0 bridgehead atoms. The normalized spacial score (nSPS) is 35.8. The molecule has 0 amide bonds. The monoisotopic (exact) mass is 379 g/mol. The van der Waals surface area contributed by atoms with E-state index in [9.17, 15) is 15.3 Å². The average Bonchev–Trinajstić information content (AvgIpc) is 2.81. The third-order valence-electron chi connectivity index (χ3n) is 4.27. The lowest BCUT2D eigenvalue weighted by atomic mass is 10.1. The van der Waals surface area contributed by atoms with E-state index >= 15 is 0 Å². The molecule has 0 spiro atoms. The Morgan fingerprint density at radius 1 is 1.23 bits per heavy atom. The quantitative estimate of drug-likeness (QED) is 0.121. The summed E-state index contributed by atoms with van der Waals surface area (Å²) in [5.74, 6) is 0. The average molecular weight is 379 g/mol. The fourth-order valence-electron chi connectivity index (χ4n) is 2.69. The van der Waals surface area contributed by atoms with Crippen LogP contribution in [0, 0.1) is 0 Å². The Hall–Kier alpha value is -0.860. The lowest BCUT2D eigenvalue weighted by molar-refractivity contribution is -0.339. The van der Waals surface area contributed by atoms with Gasteiger partial charge in [0.15, 0.2) is 13.0 Å². The minimum atomic E-state index is -1.23. The van der Waals surface area contributed by atoms with Crippen LogP contribution >= 0.6 is 0 Å². The Morgan fingerprint density at radius 3 is 2.73 bits per heavy atom. The van der Waals surface area contributed by atoms with Crippen LogP contribution < -0.4 is 5.73 Å². The van der Waals surface area contributed by atoms with E-state index in [4.69, 9.17) is 30.1 Å². The van der Waals surface area contributed by atoms with Crippen LogP contribution in [0.5, 0.6) is 0 Å². The first-order valence-corrected chi connectivity index (χ1v) is 8.50. The van der Waals surface area contributed by atoms with Crippen LogP contribution in [0.1, 0.15) is 6.42 Å². The molecular weight excluding hydrogens is 350 g/mol. The van der Waals surface area contributed by atoms with Gasteiger partial charge in [-0.2, -0.15) is 0 Å². The van der Waals surface area contributed by atoms with Crippen molar-refractivity contribution >= 4 is 0 Å². The van der Waals surface area contributed by atoms with Gasteiger partial charge in [-0.1, -0.05) is 0 Å². The van der Waals surface area contributed by atoms with Gasteiger partial charge in [-0.15, -0.1) is 0 Å². The number of nitrogens with zero attached hydrogens (tertiary/aromatic N) is 2. The number of hydrogen-bond donors (Lipinski definition) is 5. The molecule has 26 heavy (non-hydrogen) atoms. The van der Waals surface area contributed by atoms with E-state index in [0.29, 0.717) is 6.42 Å². The molecule has 152 valence electrons. The Morgan fingerprint density at radius 2 is 2.00 bits per heavy atom. The van der Waals surface area contributed by atoms with E-state index in [1.807, 2.05) is 0 Å². The predicted octanol–water partition coefficient (Wildman–Crippen LogP) is -2.90. The molecule has 1 unspecified atom stereocenters. The molecule has 2 aliphatic heterocycles. The van der Waals surface area contributed by atoms with Crippen molar-refractivity contribution in [1.29, 1.82) is 0 Å². The summed E-state index contributed by atoms with van der Waals surface area (Å²) in [7, 11) is 1.77. The molecule has 11 nitrogen and oxygen atoms in total. The maximum Gasteiger partial charge on any atom is 0.180 e. The fourth-order valence-corrected chi connectivity index (χ4v) is 2.69. The number of likely N-dealkylation sites (N-methyl/N-ethyl adjacent to an activating group) is 1. The molecule has 0 saturated carbocycles. The summed E-state index contributed by atoms with van der Waals surface area (Å²) >= 11 is 0. The highest BCUT2D eigenvalue weighted by Crippen LogP contribution is 2.27. The van der Waals surface area contributed by atoms with Gasteiger partial charge in [0.1, 0.15) is 24.5 Å². The van der Waals surface area contributed by atoms with Crippen molar-refractivity contribution in [3.05, 3.63) is 12.3 Å². The van der Waals surface area contributed by atoms with Gasteiger partial charge in [0.05, 0.1) is 19.4 Å². The van der Waals surface area contributed by atoms with Crippen LogP contribution in [0.4, 0.5) is 0 Å². The van der Waals surface area contributed by atoms with Gasteiger partial charge in [0.25, 0.3) is 0 Å². The summed E-state index contributed by atoms with van der Waals surface area (Å²) in [5, 5.41) is 39.4. The number of nitrogens with two attached hydrogens (primary N) is 1. The van der Waals surface area contributed by atoms with Crippen molar-refractivity contribution in [2.45, 2.75) is 43.4 Å². The lowest BCUT2D eigenvalue weighted by Crippen LogP contribution is -2.49. The molecule has 1 fully saturated rings. The Kier molecular flexibility index (Phi) is 8.63. The van der Waals surface area contributed by atoms with E-state index in [2.05, 4.69) is 0 Å². The van der Waals surface area contributed by atoms with E-state index in [0.717, 1.165) is 0 Å². The van der Waals surface area contributed by atoms with E-state index in [1.54, 1.807) is 24.2 Å². The molecule has 1 saturated heterocycles. The molecule has 0 aromatic rings. The molecule has 2 rings (SSSR count). The van der Waals surface area contributed by atoms with Crippen LogP contribution in [-0.2, 0) is 19.2 Å². The Bertz CT molecular complexity index is 443. The smallest absolute Gasteiger partial charge is 0.180 e. The number of aliphatic hydroxyl groups excluding tert-OH is 4. The van der Waals surface area contributed by atoms with Crippen molar-refractivity contribution in [3.63, 3.8) is 0 Å². The molecule has 0 aliphatic carbocycles. The zero-order valence-electron chi connectivity index (χ0n) is 14.8. The van der Waals surface area contributed by atoms with Crippen molar-refractivity contribution in [3.8, 4) is 0 Å². The van der Waals surface area contributed by atoms with Gasteiger partial charge in [-0.25, -0.2) is 9.78 Å². The second-order valence-electron chi connectivity index (χ2n) is 6.25. The minimum Gasteiger partial charge on any atom is -0.396 e. The number of rotatable bonds is 9. The molecule has 0 aromatic heterocycles. The van der Waals surface area contributed by atoms with Gasteiger partial charge in [0, 0.05) is 19.4 Å². The SMILES string of the molecule is CN1C[C@@H](O)N([C@@H]2O[C@H](COCOOCCCO)[C@@H](O)[C@@H]2O)C=CC1N. The Balaban J connectivity index is 1.82. The van der Waals surface area contributed by atoms with Crippen LogP contribution in [0.15, 0.2) is 12.3 Å². The highest BCUT2D eigenvalue weighted by atomic mass is 17.2. The van der Waals surface area contributed by atoms with Crippen molar-refractivity contribution in [2.24, 2.45) is 5.73 Å². The Labute approximate surface area is 152 Å². The molecule has 0 radical (unpaired) electrons. The molecule has 6 atom stereocenters. The highest BCUT2D eigenvalue weighted by Gasteiger charge is 2.46. The first-order valence-electron chi connectivity index (χ1n) is 8.50. The second-order valence-corrected chi connectivity index (χ2v) is 6.25. The second kappa shape index (κ2) is 10.5. The number of hydrogen-bond acceptors (Lipinski definition) is 11. The van der Waals surface area contributed by atoms with Gasteiger partial charge in [0.2, 0.25) is 0 Å². The fraction of sp³-hybridized carbons (Fsp3) is 0.867. The summed E-state index contributed by atoms with van der Waals surface area (Å²) in [6.45, 7) is 0.259. The number of aliphatic hydroxyl groups is 4. The third kappa shape index (κ3) is 5.57. The summed E-state index contributed by atoms with van der Waals surface area (Å²) in [6, 6.07) is 0. The molecule has 2 heterocycles. The van der Waals surface area contributed by atoms with Gasteiger partial charge in [-0.05, 0) is 19.5 Å². The lowest BCUT2D eigenvalue weighted by Gasteiger charge is -2.33. The third-order valence-corrected chi connectivity index (χ3v) is 4.27. The summed E-state index contributed by atoms with van der Waals surface area (Å²) in [6.07, 6.45) is -1.82. The van der Waals surface area contributed by atoms with Crippen LogP contribution in [-0.4, -0.2) is 107 Å². The van der Waals surface area contributed by atoms with Crippen LogP contribution in [0.25, 0.3) is 0 Å². The predicted molar refractivity (Wildman–Crippen MR) is 87.8 cm³/mol.